The van der Waals surface area contributed by atoms with Gasteiger partial charge in [0, 0.05) is 0 Å². The molecule has 1 aliphatic heterocycles. The van der Waals surface area contributed by atoms with Crippen LogP contribution < -0.4 is 0 Å². The van der Waals surface area contributed by atoms with E-state index in [1.807, 2.05) is 13.8 Å². The van der Waals surface area contributed by atoms with Crippen molar-refractivity contribution in [2.45, 2.75) is 136 Å². The average Bonchev–Trinajstić information content (AvgIpc) is 3.28. The number of aliphatic hydroxyl groups is 3. The van der Waals surface area contributed by atoms with E-state index in [2.05, 4.69) is 34.6 Å². The summed E-state index contributed by atoms with van der Waals surface area (Å²) in [6.07, 6.45) is 8.92. The van der Waals surface area contributed by atoms with Gasteiger partial charge in [-0.05, 0) is 124 Å². The molecule has 0 aromatic carbocycles. The van der Waals surface area contributed by atoms with Gasteiger partial charge in [-0.3, -0.25) is 0 Å². The van der Waals surface area contributed by atoms with Crippen LogP contribution in [0.25, 0.3) is 0 Å². The molecular formula is C29H50O4. The van der Waals surface area contributed by atoms with Crippen molar-refractivity contribution in [2.75, 3.05) is 0 Å². The summed E-state index contributed by atoms with van der Waals surface area (Å²) in [5.74, 6) is 2.37. The lowest BCUT2D eigenvalue weighted by Gasteiger charge is -2.66. The van der Waals surface area contributed by atoms with Crippen molar-refractivity contribution in [1.29, 1.82) is 0 Å². The van der Waals surface area contributed by atoms with E-state index in [4.69, 9.17) is 4.74 Å². The van der Waals surface area contributed by atoms with Crippen LogP contribution in [0.2, 0.25) is 0 Å². The average molecular weight is 463 g/mol. The lowest BCUT2D eigenvalue weighted by molar-refractivity contribution is -0.214. The quantitative estimate of drug-likeness (QED) is 0.519. The van der Waals surface area contributed by atoms with Gasteiger partial charge in [-0.25, -0.2) is 0 Å². The zero-order valence-corrected chi connectivity index (χ0v) is 22.2. The van der Waals surface area contributed by atoms with Gasteiger partial charge < -0.3 is 20.1 Å². The topological polar surface area (TPSA) is 69.9 Å². The Labute approximate surface area is 201 Å². The molecule has 1 saturated heterocycles. The van der Waals surface area contributed by atoms with Crippen LogP contribution in [0.1, 0.15) is 106 Å². The molecule has 4 aliphatic carbocycles. The van der Waals surface area contributed by atoms with E-state index >= 15 is 0 Å². The Morgan fingerprint density at radius 2 is 1.42 bits per heavy atom. The van der Waals surface area contributed by atoms with Gasteiger partial charge in [0.2, 0.25) is 0 Å². The second-order valence-electron chi connectivity index (χ2n) is 14.8. The molecule has 190 valence electrons. The van der Waals surface area contributed by atoms with E-state index in [0.717, 1.165) is 38.5 Å². The molecule has 0 radical (unpaired) electrons. The smallest absolute Gasteiger partial charge is 0.0865 e. The molecule has 8 unspecified atom stereocenters. The fraction of sp³-hybridized carbons (Fsp3) is 1.00. The Balaban J connectivity index is 1.43. The van der Waals surface area contributed by atoms with Gasteiger partial charge in [-0.15, -0.1) is 0 Å². The Morgan fingerprint density at radius 1 is 0.758 bits per heavy atom. The van der Waals surface area contributed by atoms with Crippen molar-refractivity contribution in [3.8, 4) is 0 Å². The van der Waals surface area contributed by atoms with Gasteiger partial charge in [0.25, 0.3) is 0 Å². The molecule has 4 nitrogen and oxygen atoms in total. The van der Waals surface area contributed by atoms with E-state index in [1.54, 1.807) is 0 Å². The highest BCUT2D eigenvalue weighted by molar-refractivity contribution is 5.16. The maximum absolute atomic E-state index is 11.8. The van der Waals surface area contributed by atoms with Crippen LogP contribution in [-0.2, 0) is 4.74 Å². The molecule has 5 aliphatic rings. The monoisotopic (exact) mass is 462 g/mol. The Morgan fingerprint density at radius 3 is 2.06 bits per heavy atom. The van der Waals surface area contributed by atoms with E-state index in [9.17, 15) is 15.3 Å². The minimum absolute atomic E-state index is 0.0455. The summed E-state index contributed by atoms with van der Waals surface area (Å²) in [5.41, 5.74) is -0.755. The van der Waals surface area contributed by atoms with E-state index < -0.39 is 5.60 Å². The summed E-state index contributed by atoms with van der Waals surface area (Å²) in [5, 5.41) is 33.2. The summed E-state index contributed by atoms with van der Waals surface area (Å²) in [7, 11) is 0. The molecule has 33 heavy (non-hydrogen) atoms. The first-order chi connectivity index (χ1) is 15.1. The predicted molar refractivity (Wildman–Crippen MR) is 131 cm³/mol. The molecule has 5 rings (SSSR count). The lowest BCUT2D eigenvalue weighted by Crippen LogP contribution is -2.62. The summed E-state index contributed by atoms with van der Waals surface area (Å²) in [6.45, 7) is 15.6. The number of hydrogen-bond acceptors (Lipinski definition) is 4. The number of ether oxygens (including phenoxy) is 1. The SMILES string of the molecule is CC1(C)C(O)CCC2(C)C3CC(O)C4C([C@]5(C)CC[C@@H](C(C)(C)O)O5)CC[C@@]4(C)C3CCC12. The first kappa shape index (κ1) is 24.5. The normalized spacial score (nSPS) is 56.2. The molecule has 1 heterocycles. The highest BCUT2D eigenvalue weighted by atomic mass is 16.5. The number of aliphatic hydroxyl groups excluding tert-OH is 2. The third kappa shape index (κ3) is 3.36. The zero-order valence-electron chi connectivity index (χ0n) is 22.2. The van der Waals surface area contributed by atoms with Crippen LogP contribution in [0.4, 0.5) is 0 Å². The molecule has 3 N–H and O–H groups in total. The lowest BCUT2D eigenvalue weighted by atomic mass is 9.39. The third-order valence-electron chi connectivity index (χ3n) is 12.4. The number of hydrogen-bond donors (Lipinski definition) is 3. The number of rotatable bonds is 2. The van der Waals surface area contributed by atoms with Crippen molar-refractivity contribution in [3.63, 3.8) is 0 Å². The van der Waals surface area contributed by atoms with Crippen LogP contribution >= 0.6 is 0 Å². The second kappa shape index (κ2) is 7.43. The molecular weight excluding hydrogens is 412 g/mol. The highest BCUT2D eigenvalue weighted by Gasteiger charge is 2.67. The van der Waals surface area contributed by atoms with Crippen LogP contribution in [0.5, 0.6) is 0 Å². The van der Waals surface area contributed by atoms with Crippen molar-refractivity contribution < 1.29 is 20.1 Å². The molecule has 0 aromatic rings. The summed E-state index contributed by atoms with van der Waals surface area (Å²) in [4.78, 5) is 0. The Bertz CT molecular complexity index is 772. The van der Waals surface area contributed by atoms with Crippen molar-refractivity contribution in [2.24, 2.45) is 45.8 Å². The standard InChI is InChI=1S/C29H50O4/c1-25(2)21-9-8-17-19(27(21,5)14-11-22(25)31)16-20(30)24-18(10-13-28(17,24)6)29(7)15-12-23(33-29)26(3,4)32/h17-24,30-32H,8-16H2,1-7H3/t17?,18?,19?,20?,21?,22?,23-,24?,27?,28-,29-/m0/s1. The van der Waals surface area contributed by atoms with Crippen molar-refractivity contribution >= 4 is 0 Å². The van der Waals surface area contributed by atoms with Crippen molar-refractivity contribution in [1.82, 2.24) is 0 Å². The maximum atomic E-state index is 11.8. The molecule has 0 spiro atoms. The third-order valence-corrected chi connectivity index (χ3v) is 12.4. The largest absolute Gasteiger partial charge is 0.393 e. The maximum Gasteiger partial charge on any atom is 0.0865 e. The summed E-state index contributed by atoms with van der Waals surface area (Å²) >= 11 is 0. The Kier molecular flexibility index (Phi) is 5.52. The molecule has 0 aromatic heterocycles. The van der Waals surface area contributed by atoms with Gasteiger partial charge in [-0.1, -0.05) is 27.7 Å². The minimum atomic E-state index is -0.818. The van der Waals surface area contributed by atoms with E-state index in [1.165, 1.54) is 19.3 Å². The second-order valence-corrected chi connectivity index (χ2v) is 14.8. The molecule has 4 saturated carbocycles. The van der Waals surface area contributed by atoms with Gasteiger partial charge in [-0.2, -0.15) is 0 Å². The summed E-state index contributed by atoms with van der Waals surface area (Å²) < 4.78 is 6.63. The van der Waals surface area contributed by atoms with E-state index in [0.29, 0.717) is 23.7 Å². The minimum Gasteiger partial charge on any atom is -0.393 e. The van der Waals surface area contributed by atoms with Crippen LogP contribution in [0.3, 0.4) is 0 Å². The van der Waals surface area contributed by atoms with Crippen molar-refractivity contribution in [3.05, 3.63) is 0 Å². The van der Waals surface area contributed by atoms with Crippen LogP contribution in [-0.4, -0.2) is 44.8 Å². The van der Waals surface area contributed by atoms with E-state index in [-0.39, 0.29) is 46.1 Å². The molecule has 11 atom stereocenters. The zero-order chi connectivity index (χ0) is 24.2. The number of fused-ring (bicyclic) bond motifs is 5. The molecule has 4 heteroatoms. The first-order valence-electron chi connectivity index (χ1n) is 13.9. The molecule has 5 fully saturated rings. The van der Waals surface area contributed by atoms with Crippen LogP contribution in [0.15, 0.2) is 0 Å². The molecule has 0 bridgehead atoms. The summed E-state index contributed by atoms with van der Waals surface area (Å²) in [6, 6.07) is 0. The first-order valence-corrected chi connectivity index (χ1v) is 13.9. The van der Waals surface area contributed by atoms with Gasteiger partial charge in [0.05, 0.1) is 29.5 Å². The van der Waals surface area contributed by atoms with Gasteiger partial charge in [0.15, 0.2) is 0 Å². The molecule has 0 amide bonds. The Hall–Kier alpha value is -0.160. The van der Waals surface area contributed by atoms with Crippen LogP contribution in [0, 0.1) is 45.8 Å². The van der Waals surface area contributed by atoms with Gasteiger partial charge in [0.1, 0.15) is 0 Å². The highest BCUT2D eigenvalue weighted by Crippen LogP contribution is 2.71. The fourth-order valence-corrected chi connectivity index (χ4v) is 10.6. The fourth-order valence-electron chi connectivity index (χ4n) is 10.6. The predicted octanol–water partition coefficient (Wildman–Crippen LogP) is 5.32. The van der Waals surface area contributed by atoms with Gasteiger partial charge >= 0.3 is 0 Å².